The first kappa shape index (κ1) is 20.4. The van der Waals surface area contributed by atoms with Crippen molar-refractivity contribution in [3.63, 3.8) is 0 Å². The quantitative estimate of drug-likeness (QED) is 0.541. The zero-order chi connectivity index (χ0) is 21.1. The van der Waals surface area contributed by atoms with Gasteiger partial charge in [-0.1, -0.05) is 41.9 Å². The van der Waals surface area contributed by atoms with Crippen molar-refractivity contribution in [1.82, 2.24) is 0 Å². The highest BCUT2D eigenvalue weighted by Gasteiger charge is 2.30. The van der Waals surface area contributed by atoms with Gasteiger partial charge in [0, 0.05) is 23.1 Å². The summed E-state index contributed by atoms with van der Waals surface area (Å²) in [6.07, 6.45) is 6.25. The van der Waals surface area contributed by atoms with Crippen molar-refractivity contribution in [2.45, 2.75) is 25.8 Å². The summed E-state index contributed by atoms with van der Waals surface area (Å²) in [6.45, 7) is 0.762. The second-order valence-corrected chi connectivity index (χ2v) is 8.05. The largest absolute Gasteiger partial charge is 0.493 e. The number of hydrogen-bond donors (Lipinski definition) is 0. The van der Waals surface area contributed by atoms with Crippen LogP contribution in [0.3, 0.4) is 0 Å². The predicted molar refractivity (Wildman–Crippen MR) is 117 cm³/mol. The average Bonchev–Trinajstić information content (AvgIpc) is 2.77. The number of Topliss-reactive ketones (excluding diaryl/α,β-unsaturated/α-hetero) is 1. The third-order valence-electron chi connectivity index (χ3n) is 5.74. The van der Waals surface area contributed by atoms with Gasteiger partial charge in [-0.05, 0) is 42.5 Å². The van der Waals surface area contributed by atoms with E-state index in [0.29, 0.717) is 22.9 Å². The Balaban J connectivity index is 1.52. The molecule has 1 aliphatic carbocycles. The summed E-state index contributed by atoms with van der Waals surface area (Å²) in [6, 6.07) is 16.0. The lowest BCUT2D eigenvalue weighted by Gasteiger charge is -2.24. The van der Waals surface area contributed by atoms with E-state index in [4.69, 9.17) is 21.1 Å². The fraction of sp³-hybridized carbons (Fsp3) is 0.280. The molecule has 2 aromatic carbocycles. The molecule has 3 aromatic rings. The van der Waals surface area contributed by atoms with Gasteiger partial charge in [0.1, 0.15) is 5.02 Å². The lowest BCUT2D eigenvalue weighted by Crippen LogP contribution is -2.34. The minimum atomic E-state index is -0.0851. The number of hydrogen-bond acceptors (Lipinski definition) is 3. The van der Waals surface area contributed by atoms with E-state index in [2.05, 4.69) is 16.7 Å². The van der Waals surface area contributed by atoms with Gasteiger partial charge >= 0.3 is 0 Å². The number of rotatable bonds is 6. The number of carbonyl (C=O) groups excluding carboxylic acids is 1. The standard InChI is InChI=1S/C25H25ClNO3/c1-29-23-13-18-8-9-20(25(28)21(18)14-24(23)30-2)12-19-10-11-27(16-22(19)26)15-17-6-4-3-5-7-17/h3-7,10-11,13-14,16,20H,8-9,12,15H2,1-2H3/q+1. The van der Waals surface area contributed by atoms with E-state index in [1.165, 1.54) is 5.56 Å². The van der Waals surface area contributed by atoms with E-state index in [-0.39, 0.29) is 11.7 Å². The van der Waals surface area contributed by atoms with Gasteiger partial charge in [0.25, 0.3) is 0 Å². The van der Waals surface area contributed by atoms with Gasteiger partial charge < -0.3 is 9.47 Å². The number of benzene rings is 2. The molecule has 0 aliphatic heterocycles. The van der Waals surface area contributed by atoms with Gasteiger partial charge in [-0.25, -0.2) is 0 Å². The minimum Gasteiger partial charge on any atom is -0.493 e. The number of nitrogens with zero attached hydrogens (tertiary/aromatic N) is 1. The Hall–Kier alpha value is -2.85. The molecule has 0 radical (unpaired) electrons. The van der Waals surface area contributed by atoms with Crippen molar-refractivity contribution < 1.29 is 18.8 Å². The summed E-state index contributed by atoms with van der Waals surface area (Å²) in [7, 11) is 3.20. The van der Waals surface area contributed by atoms with Crippen LogP contribution in [0.4, 0.5) is 0 Å². The Morgan fingerprint density at radius 1 is 1.07 bits per heavy atom. The summed E-state index contributed by atoms with van der Waals surface area (Å²) in [4.78, 5) is 13.2. The van der Waals surface area contributed by atoms with Crippen molar-refractivity contribution in [1.29, 1.82) is 0 Å². The first-order valence-corrected chi connectivity index (χ1v) is 10.5. The molecule has 0 fully saturated rings. The molecule has 0 saturated heterocycles. The van der Waals surface area contributed by atoms with Gasteiger partial charge in [-0.15, -0.1) is 0 Å². The van der Waals surface area contributed by atoms with Gasteiger partial charge in [0.2, 0.25) is 0 Å². The third-order valence-corrected chi connectivity index (χ3v) is 6.08. The third kappa shape index (κ3) is 4.19. The van der Waals surface area contributed by atoms with Crippen LogP contribution in [0.2, 0.25) is 5.02 Å². The molecule has 1 atom stereocenters. The summed E-state index contributed by atoms with van der Waals surface area (Å²) >= 11 is 6.58. The van der Waals surface area contributed by atoms with Crippen LogP contribution >= 0.6 is 11.6 Å². The topological polar surface area (TPSA) is 39.4 Å². The number of halogens is 1. The first-order valence-electron chi connectivity index (χ1n) is 10.1. The molecule has 0 bridgehead atoms. The number of aryl methyl sites for hydroxylation is 1. The highest BCUT2D eigenvalue weighted by Crippen LogP contribution is 2.36. The number of methoxy groups -OCH3 is 2. The van der Waals surface area contributed by atoms with E-state index >= 15 is 0 Å². The number of pyridine rings is 1. The molecule has 154 valence electrons. The predicted octanol–water partition coefficient (Wildman–Crippen LogP) is 4.68. The molecule has 4 rings (SSSR count). The Morgan fingerprint density at radius 2 is 1.80 bits per heavy atom. The van der Waals surface area contributed by atoms with Crippen molar-refractivity contribution in [3.05, 3.63) is 88.2 Å². The monoisotopic (exact) mass is 422 g/mol. The first-order chi connectivity index (χ1) is 14.6. The van der Waals surface area contributed by atoms with Crippen LogP contribution in [0.1, 0.15) is 33.5 Å². The summed E-state index contributed by atoms with van der Waals surface area (Å²) in [5.74, 6) is 1.31. The maximum atomic E-state index is 13.2. The Labute approximate surface area is 182 Å². The van der Waals surface area contributed by atoms with E-state index < -0.39 is 0 Å². The maximum Gasteiger partial charge on any atom is 0.188 e. The lowest BCUT2D eigenvalue weighted by atomic mass is 9.79. The molecule has 0 amide bonds. The molecule has 0 saturated carbocycles. The molecule has 0 spiro atoms. The van der Waals surface area contributed by atoms with Gasteiger partial charge in [-0.3, -0.25) is 4.79 Å². The molecule has 1 aliphatic rings. The van der Waals surface area contributed by atoms with E-state index in [1.807, 2.05) is 48.8 Å². The molecule has 1 aromatic heterocycles. The zero-order valence-electron chi connectivity index (χ0n) is 17.2. The second kappa shape index (κ2) is 8.88. The average molecular weight is 423 g/mol. The highest BCUT2D eigenvalue weighted by molar-refractivity contribution is 6.31. The Kier molecular flexibility index (Phi) is 6.05. The number of fused-ring (bicyclic) bond motifs is 1. The number of carbonyl (C=O) groups is 1. The minimum absolute atomic E-state index is 0.0851. The fourth-order valence-electron chi connectivity index (χ4n) is 4.09. The highest BCUT2D eigenvalue weighted by atomic mass is 35.5. The Morgan fingerprint density at radius 3 is 2.50 bits per heavy atom. The smallest absolute Gasteiger partial charge is 0.188 e. The zero-order valence-corrected chi connectivity index (χ0v) is 18.0. The maximum absolute atomic E-state index is 13.2. The van der Waals surface area contributed by atoms with Gasteiger partial charge in [-0.2, -0.15) is 4.57 Å². The molecule has 4 nitrogen and oxygen atoms in total. The van der Waals surface area contributed by atoms with Crippen molar-refractivity contribution >= 4 is 17.4 Å². The lowest BCUT2D eigenvalue weighted by molar-refractivity contribution is -0.688. The molecule has 30 heavy (non-hydrogen) atoms. The normalized spacial score (nSPS) is 15.6. The molecule has 1 heterocycles. The van der Waals surface area contributed by atoms with Crippen molar-refractivity contribution in [2.24, 2.45) is 5.92 Å². The van der Waals surface area contributed by atoms with Crippen LogP contribution in [-0.4, -0.2) is 20.0 Å². The fourth-order valence-corrected chi connectivity index (χ4v) is 4.36. The van der Waals surface area contributed by atoms with Crippen molar-refractivity contribution in [3.8, 4) is 11.5 Å². The van der Waals surface area contributed by atoms with Crippen LogP contribution in [0, 0.1) is 5.92 Å². The summed E-state index contributed by atoms with van der Waals surface area (Å²) < 4.78 is 12.8. The Bertz CT molecular complexity index is 1070. The second-order valence-electron chi connectivity index (χ2n) is 7.64. The van der Waals surface area contributed by atoms with Crippen LogP contribution in [0.15, 0.2) is 60.9 Å². The molecule has 1 unspecified atom stereocenters. The van der Waals surface area contributed by atoms with E-state index in [9.17, 15) is 4.79 Å². The van der Waals surface area contributed by atoms with Crippen LogP contribution in [-0.2, 0) is 19.4 Å². The number of aromatic nitrogens is 1. The van der Waals surface area contributed by atoms with Crippen molar-refractivity contribution in [2.75, 3.05) is 14.2 Å². The molecule has 5 heteroatoms. The number of ether oxygens (including phenoxy) is 2. The summed E-state index contributed by atoms with van der Waals surface area (Å²) in [5.41, 5.74) is 3.97. The van der Waals surface area contributed by atoms with Crippen LogP contribution in [0.5, 0.6) is 11.5 Å². The van der Waals surface area contributed by atoms with E-state index in [1.54, 1.807) is 14.2 Å². The molecule has 0 N–H and O–H groups in total. The van der Waals surface area contributed by atoms with E-state index in [0.717, 1.165) is 36.1 Å². The SMILES string of the molecule is COc1cc2c(cc1OC)C(=O)C(Cc1cc[n+](Cc3ccccc3)cc1Cl)CC2. The van der Waals surface area contributed by atoms with Gasteiger partial charge in [0.05, 0.1) is 14.2 Å². The summed E-state index contributed by atoms with van der Waals surface area (Å²) in [5, 5.41) is 0.694. The van der Waals surface area contributed by atoms with Crippen LogP contribution in [0.25, 0.3) is 0 Å². The van der Waals surface area contributed by atoms with Crippen LogP contribution < -0.4 is 14.0 Å². The number of ketones is 1. The van der Waals surface area contributed by atoms with Gasteiger partial charge in [0.15, 0.2) is 36.2 Å². The molecular formula is C25H25ClNO3+. The molecular weight excluding hydrogens is 398 g/mol.